The maximum atomic E-state index is 12.2. The van der Waals surface area contributed by atoms with E-state index >= 15 is 0 Å². The molecule has 0 saturated carbocycles. The van der Waals surface area contributed by atoms with Gasteiger partial charge in [-0.25, -0.2) is 0 Å². The summed E-state index contributed by atoms with van der Waals surface area (Å²) in [6, 6.07) is 8.33. The third-order valence-electron chi connectivity index (χ3n) is 3.51. The van der Waals surface area contributed by atoms with Gasteiger partial charge in [0.15, 0.2) is 0 Å². The molecular weight excluding hydrogens is 276 g/mol. The van der Waals surface area contributed by atoms with Gasteiger partial charge in [0.2, 0.25) is 5.91 Å². The molecule has 1 aromatic rings. The average Bonchev–Trinajstić information content (AvgIpc) is 2.42. The lowest BCUT2D eigenvalue weighted by Crippen LogP contribution is -2.44. The van der Waals surface area contributed by atoms with Gasteiger partial charge in [0.25, 0.3) is 0 Å². The smallest absolute Gasteiger partial charge is 0.224 e. The molecule has 112 valence electrons. The first-order valence-corrected chi connectivity index (χ1v) is 6.76. The molecule has 0 radical (unpaired) electrons. The largest absolute Gasteiger partial charge is 0.378 e. The molecule has 1 atom stereocenters. The molecule has 1 amide bonds. The molecular formula is C15H23ClN2O2. The van der Waals surface area contributed by atoms with Crippen molar-refractivity contribution in [2.24, 2.45) is 0 Å². The highest BCUT2D eigenvalue weighted by Crippen LogP contribution is 2.11. The predicted octanol–water partition coefficient (Wildman–Crippen LogP) is 1.75. The summed E-state index contributed by atoms with van der Waals surface area (Å²) in [6.07, 6.45) is 0.502. The van der Waals surface area contributed by atoms with Crippen molar-refractivity contribution in [3.63, 3.8) is 0 Å². The summed E-state index contributed by atoms with van der Waals surface area (Å²) in [4.78, 5) is 13.9. The van der Waals surface area contributed by atoms with Crippen molar-refractivity contribution in [1.29, 1.82) is 0 Å². The summed E-state index contributed by atoms with van der Waals surface area (Å²) in [5.74, 6) is 0.159. The second-order valence-electron chi connectivity index (χ2n) is 5.11. The maximum Gasteiger partial charge on any atom is 0.224 e. The Morgan fingerprint density at radius 1 is 1.45 bits per heavy atom. The van der Waals surface area contributed by atoms with Crippen molar-refractivity contribution in [2.45, 2.75) is 25.9 Å². The number of rotatable bonds is 4. The van der Waals surface area contributed by atoms with Crippen LogP contribution in [0, 0.1) is 6.92 Å². The summed E-state index contributed by atoms with van der Waals surface area (Å²) in [5, 5.41) is 3.31. The Hall–Kier alpha value is -1.10. The predicted molar refractivity (Wildman–Crippen MR) is 82.1 cm³/mol. The molecule has 1 heterocycles. The van der Waals surface area contributed by atoms with Crippen molar-refractivity contribution in [2.75, 3.05) is 26.8 Å². The van der Waals surface area contributed by atoms with Gasteiger partial charge in [-0.05, 0) is 18.1 Å². The van der Waals surface area contributed by atoms with E-state index in [1.54, 1.807) is 4.90 Å². The van der Waals surface area contributed by atoms with E-state index in [9.17, 15) is 4.79 Å². The van der Waals surface area contributed by atoms with Crippen molar-refractivity contribution >= 4 is 18.3 Å². The van der Waals surface area contributed by atoms with E-state index in [4.69, 9.17) is 4.74 Å². The standard InChI is InChI=1S/C15H22N2O2.ClH/c1-12-5-3-4-6-13(12)10-17(2)15(18)9-14-11-19-8-7-16-14;/h3-6,14,16H,7-11H2,1-2H3;1H. The van der Waals surface area contributed by atoms with E-state index in [1.807, 2.05) is 19.2 Å². The van der Waals surface area contributed by atoms with Crippen molar-refractivity contribution < 1.29 is 9.53 Å². The first kappa shape index (κ1) is 17.0. The van der Waals surface area contributed by atoms with E-state index in [2.05, 4.69) is 24.4 Å². The highest BCUT2D eigenvalue weighted by atomic mass is 35.5. The fourth-order valence-corrected chi connectivity index (χ4v) is 2.25. The van der Waals surface area contributed by atoms with Crippen LogP contribution in [-0.2, 0) is 16.1 Å². The second-order valence-corrected chi connectivity index (χ2v) is 5.11. The molecule has 1 aliphatic heterocycles. The van der Waals surface area contributed by atoms with Gasteiger partial charge >= 0.3 is 0 Å². The molecule has 1 saturated heterocycles. The number of amides is 1. The van der Waals surface area contributed by atoms with Crippen LogP contribution in [0.4, 0.5) is 0 Å². The van der Waals surface area contributed by atoms with Crippen LogP contribution < -0.4 is 5.32 Å². The van der Waals surface area contributed by atoms with Gasteiger partial charge in [-0.1, -0.05) is 24.3 Å². The quantitative estimate of drug-likeness (QED) is 0.921. The highest BCUT2D eigenvalue weighted by molar-refractivity contribution is 5.85. The van der Waals surface area contributed by atoms with Gasteiger partial charge in [-0.2, -0.15) is 0 Å². The van der Waals surface area contributed by atoms with Crippen molar-refractivity contribution in [3.05, 3.63) is 35.4 Å². The zero-order chi connectivity index (χ0) is 13.7. The Morgan fingerprint density at radius 2 is 2.20 bits per heavy atom. The number of aryl methyl sites for hydroxylation is 1. The number of hydrogen-bond donors (Lipinski definition) is 1. The molecule has 1 unspecified atom stereocenters. The lowest BCUT2D eigenvalue weighted by atomic mass is 10.1. The number of nitrogens with one attached hydrogen (secondary N) is 1. The Labute approximate surface area is 126 Å². The molecule has 1 aromatic carbocycles. The van der Waals surface area contributed by atoms with Crippen molar-refractivity contribution in [1.82, 2.24) is 10.2 Å². The number of hydrogen-bond acceptors (Lipinski definition) is 3. The normalized spacial score (nSPS) is 18.2. The zero-order valence-electron chi connectivity index (χ0n) is 12.1. The molecule has 4 nitrogen and oxygen atoms in total. The van der Waals surface area contributed by atoms with Gasteiger partial charge in [0.05, 0.1) is 13.2 Å². The lowest BCUT2D eigenvalue weighted by molar-refractivity contribution is -0.131. The lowest BCUT2D eigenvalue weighted by Gasteiger charge is -2.26. The summed E-state index contributed by atoms with van der Waals surface area (Å²) in [7, 11) is 1.86. The van der Waals surface area contributed by atoms with Gasteiger partial charge in [-0.3, -0.25) is 4.79 Å². The first-order chi connectivity index (χ1) is 9.16. The van der Waals surface area contributed by atoms with Crippen LogP contribution in [0.1, 0.15) is 17.5 Å². The van der Waals surface area contributed by atoms with Crippen LogP contribution in [0.25, 0.3) is 0 Å². The van der Waals surface area contributed by atoms with E-state index in [0.29, 0.717) is 19.6 Å². The maximum absolute atomic E-state index is 12.2. The Morgan fingerprint density at radius 3 is 2.85 bits per heavy atom. The Kier molecular flexibility index (Phi) is 6.99. The summed E-state index contributed by atoms with van der Waals surface area (Å²) in [6.45, 7) is 4.94. The third kappa shape index (κ3) is 4.78. The molecule has 0 bridgehead atoms. The van der Waals surface area contributed by atoms with Crippen LogP contribution in [0.15, 0.2) is 24.3 Å². The fourth-order valence-electron chi connectivity index (χ4n) is 2.25. The van der Waals surface area contributed by atoms with Crippen LogP contribution in [0.5, 0.6) is 0 Å². The second kappa shape index (κ2) is 8.25. The summed E-state index contributed by atoms with van der Waals surface area (Å²) >= 11 is 0. The van der Waals surface area contributed by atoms with E-state index in [1.165, 1.54) is 11.1 Å². The van der Waals surface area contributed by atoms with Gasteiger partial charge in [0.1, 0.15) is 0 Å². The van der Waals surface area contributed by atoms with Crippen LogP contribution in [-0.4, -0.2) is 43.7 Å². The van der Waals surface area contributed by atoms with E-state index in [-0.39, 0.29) is 24.4 Å². The molecule has 20 heavy (non-hydrogen) atoms. The SMILES string of the molecule is Cc1ccccc1CN(C)C(=O)CC1COCCN1.Cl. The number of ether oxygens (including phenoxy) is 1. The Bertz CT molecular complexity index is 434. The molecule has 0 spiro atoms. The number of benzene rings is 1. The number of halogens is 1. The van der Waals surface area contributed by atoms with Crippen LogP contribution in [0.2, 0.25) is 0 Å². The van der Waals surface area contributed by atoms with Crippen LogP contribution in [0.3, 0.4) is 0 Å². The van der Waals surface area contributed by atoms with Gasteiger partial charge in [0, 0.05) is 32.6 Å². The zero-order valence-corrected chi connectivity index (χ0v) is 12.9. The molecule has 1 aliphatic rings. The van der Waals surface area contributed by atoms with Gasteiger partial charge < -0.3 is 15.0 Å². The van der Waals surface area contributed by atoms with Gasteiger partial charge in [-0.15, -0.1) is 12.4 Å². The minimum atomic E-state index is 0. The minimum Gasteiger partial charge on any atom is -0.378 e. The number of morpholine rings is 1. The monoisotopic (exact) mass is 298 g/mol. The average molecular weight is 299 g/mol. The first-order valence-electron chi connectivity index (χ1n) is 6.76. The third-order valence-corrected chi connectivity index (χ3v) is 3.51. The van der Waals surface area contributed by atoms with Crippen LogP contribution >= 0.6 is 12.4 Å². The molecule has 1 N–H and O–H groups in total. The summed E-state index contributed by atoms with van der Waals surface area (Å²) in [5.41, 5.74) is 2.42. The molecule has 2 rings (SSSR count). The Balaban J connectivity index is 0.00000200. The fraction of sp³-hybridized carbons (Fsp3) is 0.533. The van der Waals surface area contributed by atoms with E-state index in [0.717, 1.165) is 13.2 Å². The number of carbonyl (C=O) groups is 1. The topological polar surface area (TPSA) is 41.6 Å². The molecule has 0 aromatic heterocycles. The van der Waals surface area contributed by atoms with Crippen molar-refractivity contribution in [3.8, 4) is 0 Å². The number of nitrogens with zero attached hydrogens (tertiary/aromatic N) is 1. The number of carbonyl (C=O) groups excluding carboxylic acids is 1. The molecule has 1 fully saturated rings. The molecule has 5 heteroatoms. The summed E-state index contributed by atoms with van der Waals surface area (Å²) < 4.78 is 5.37. The molecule has 0 aliphatic carbocycles. The minimum absolute atomic E-state index is 0. The van der Waals surface area contributed by atoms with E-state index < -0.39 is 0 Å². The highest BCUT2D eigenvalue weighted by Gasteiger charge is 2.19.